The van der Waals surface area contributed by atoms with Crippen molar-refractivity contribution in [3.8, 4) is 0 Å². The molecule has 0 spiro atoms. The van der Waals surface area contributed by atoms with Crippen molar-refractivity contribution in [2.45, 2.75) is 39.3 Å². The van der Waals surface area contributed by atoms with Gasteiger partial charge in [0.05, 0.1) is 6.04 Å². The van der Waals surface area contributed by atoms with Crippen molar-refractivity contribution in [3.63, 3.8) is 0 Å². The van der Waals surface area contributed by atoms with Crippen LogP contribution in [0.5, 0.6) is 0 Å². The number of aliphatic hydroxyl groups is 1. The first-order chi connectivity index (χ1) is 6.45. The Morgan fingerprint density at radius 2 is 2.00 bits per heavy atom. The molecule has 2 unspecified atom stereocenters. The van der Waals surface area contributed by atoms with Gasteiger partial charge in [-0.15, -0.1) is 0 Å². The largest absolute Gasteiger partial charge is 0.383 e. The van der Waals surface area contributed by atoms with Gasteiger partial charge in [0.15, 0.2) is 0 Å². The number of aliphatic hydroxyl groups excluding tert-OH is 1. The number of likely N-dealkylation sites (N-methyl/N-ethyl adjacent to an activating group) is 1. The highest BCUT2D eigenvalue weighted by Gasteiger charge is 2.25. The summed E-state index contributed by atoms with van der Waals surface area (Å²) in [6.07, 6.45) is 0.110. The number of nitrogens with zero attached hydrogens (tertiary/aromatic N) is 1. The first-order valence-electron chi connectivity index (χ1n) is 4.85. The lowest BCUT2D eigenvalue weighted by Crippen LogP contribution is -2.46. The maximum atomic E-state index is 11.5. The van der Waals surface area contributed by atoms with Crippen LogP contribution in [-0.2, 0) is 9.59 Å². The van der Waals surface area contributed by atoms with Crippen molar-refractivity contribution in [1.29, 1.82) is 0 Å². The average molecular weight is 201 g/mol. The number of carbonyl (C=O) groups is 2. The van der Waals surface area contributed by atoms with E-state index in [0.29, 0.717) is 6.42 Å². The van der Waals surface area contributed by atoms with Gasteiger partial charge in [-0.1, -0.05) is 20.8 Å². The van der Waals surface area contributed by atoms with E-state index in [0.717, 1.165) is 6.29 Å². The first kappa shape index (κ1) is 13.1. The lowest BCUT2D eigenvalue weighted by Gasteiger charge is -2.28. The van der Waals surface area contributed by atoms with Crippen LogP contribution in [0.2, 0.25) is 0 Å². The van der Waals surface area contributed by atoms with E-state index < -0.39 is 18.1 Å². The second-order valence-electron chi connectivity index (χ2n) is 3.74. The maximum absolute atomic E-state index is 11.5. The molecular weight excluding hydrogens is 182 g/mol. The molecule has 0 saturated carbocycles. The molecule has 0 aliphatic carbocycles. The van der Waals surface area contributed by atoms with E-state index in [2.05, 4.69) is 0 Å². The molecule has 14 heavy (non-hydrogen) atoms. The average Bonchev–Trinajstić information content (AvgIpc) is 2.15. The lowest BCUT2D eigenvalue weighted by atomic mass is 10.0. The zero-order chi connectivity index (χ0) is 11.3. The van der Waals surface area contributed by atoms with Crippen molar-refractivity contribution >= 4 is 12.2 Å². The van der Waals surface area contributed by atoms with Gasteiger partial charge in [0.1, 0.15) is 12.4 Å². The summed E-state index contributed by atoms with van der Waals surface area (Å²) in [4.78, 5) is 23.5. The van der Waals surface area contributed by atoms with E-state index in [4.69, 9.17) is 0 Å². The minimum atomic E-state index is -0.999. The van der Waals surface area contributed by atoms with Crippen LogP contribution in [0.4, 0.5) is 0 Å². The van der Waals surface area contributed by atoms with Gasteiger partial charge in [-0.25, -0.2) is 0 Å². The van der Waals surface area contributed by atoms with E-state index >= 15 is 0 Å². The fourth-order valence-corrected chi connectivity index (χ4v) is 1.25. The summed E-state index contributed by atoms with van der Waals surface area (Å²) in [5.41, 5.74) is 0. The van der Waals surface area contributed by atoms with Crippen molar-refractivity contribution < 1.29 is 14.7 Å². The Labute approximate surface area is 84.9 Å². The van der Waals surface area contributed by atoms with Gasteiger partial charge in [0.2, 0.25) is 0 Å². The number of hydrogen-bond donors (Lipinski definition) is 1. The van der Waals surface area contributed by atoms with Crippen LogP contribution in [0.1, 0.15) is 27.2 Å². The Bertz CT molecular complexity index is 204. The van der Waals surface area contributed by atoms with E-state index in [1.54, 1.807) is 14.0 Å². The van der Waals surface area contributed by atoms with E-state index in [9.17, 15) is 14.7 Å². The third-order valence-electron chi connectivity index (χ3n) is 2.29. The molecule has 1 N–H and O–H groups in total. The molecule has 4 nitrogen and oxygen atoms in total. The standard InChI is InChI=1S/C10H19NO3/c1-5-9(13)10(14)11(4)8(6-12)7(2)3/h6-9,13H,5H2,1-4H3. The van der Waals surface area contributed by atoms with Gasteiger partial charge in [0, 0.05) is 7.05 Å². The first-order valence-corrected chi connectivity index (χ1v) is 4.85. The molecule has 0 aromatic rings. The van der Waals surface area contributed by atoms with Crippen molar-refractivity contribution in [2.24, 2.45) is 5.92 Å². The van der Waals surface area contributed by atoms with E-state index in [1.165, 1.54) is 4.90 Å². The highest BCUT2D eigenvalue weighted by Crippen LogP contribution is 2.09. The number of aldehydes is 1. The predicted molar refractivity (Wildman–Crippen MR) is 53.8 cm³/mol. The van der Waals surface area contributed by atoms with Gasteiger partial charge in [-0.05, 0) is 12.3 Å². The van der Waals surface area contributed by atoms with Gasteiger partial charge in [-0.3, -0.25) is 4.79 Å². The van der Waals surface area contributed by atoms with Crippen LogP contribution in [0.15, 0.2) is 0 Å². The molecule has 0 aromatic heterocycles. The van der Waals surface area contributed by atoms with Gasteiger partial charge >= 0.3 is 0 Å². The van der Waals surface area contributed by atoms with E-state index in [-0.39, 0.29) is 5.92 Å². The van der Waals surface area contributed by atoms with Crippen molar-refractivity contribution in [2.75, 3.05) is 7.05 Å². The molecule has 0 heterocycles. The quantitative estimate of drug-likeness (QED) is 0.657. The van der Waals surface area contributed by atoms with E-state index in [1.807, 2.05) is 13.8 Å². The Balaban J connectivity index is 4.49. The molecule has 0 fully saturated rings. The summed E-state index contributed by atoms with van der Waals surface area (Å²) in [6, 6.07) is -0.455. The molecule has 0 aromatic carbocycles. The topological polar surface area (TPSA) is 57.6 Å². The molecule has 0 saturated heterocycles. The fraction of sp³-hybridized carbons (Fsp3) is 0.800. The molecule has 0 aliphatic heterocycles. The summed E-state index contributed by atoms with van der Waals surface area (Å²) in [6.45, 7) is 5.45. The van der Waals surface area contributed by atoms with Gasteiger partial charge in [0.25, 0.3) is 5.91 Å². The summed E-state index contributed by atoms with van der Waals surface area (Å²) >= 11 is 0. The minimum absolute atomic E-state index is 0.0607. The lowest BCUT2D eigenvalue weighted by molar-refractivity contribution is -0.143. The molecule has 4 heteroatoms. The fourth-order valence-electron chi connectivity index (χ4n) is 1.25. The number of hydrogen-bond acceptors (Lipinski definition) is 3. The monoisotopic (exact) mass is 201 g/mol. The number of amides is 1. The van der Waals surface area contributed by atoms with Crippen molar-refractivity contribution in [3.05, 3.63) is 0 Å². The number of carbonyl (C=O) groups excluding carboxylic acids is 2. The summed E-state index contributed by atoms with van der Waals surface area (Å²) < 4.78 is 0. The third-order valence-corrected chi connectivity index (χ3v) is 2.29. The third kappa shape index (κ3) is 3.10. The molecule has 2 atom stereocenters. The van der Waals surface area contributed by atoms with Crippen molar-refractivity contribution in [1.82, 2.24) is 4.90 Å². The highest BCUT2D eigenvalue weighted by atomic mass is 16.3. The van der Waals surface area contributed by atoms with Gasteiger partial charge in [-0.2, -0.15) is 0 Å². The smallest absolute Gasteiger partial charge is 0.251 e. The van der Waals surface area contributed by atoms with Crippen LogP contribution >= 0.6 is 0 Å². The molecule has 0 aliphatic rings. The SMILES string of the molecule is CCC(O)C(=O)N(C)C(C=O)C(C)C. The molecule has 0 radical (unpaired) electrons. The molecule has 0 bridgehead atoms. The highest BCUT2D eigenvalue weighted by molar-refractivity contribution is 5.83. The second-order valence-corrected chi connectivity index (χ2v) is 3.74. The molecule has 0 rings (SSSR count). The molecular formula is C10H19NO3. The zero-order valence-electron chi connectivity index (χ0n) is 9.23. The van der Waals surface area contributed by atoms with Crippen LogP contribution < -0.4 is 0 Å². The Hall–Kier alpha value is -0.900. The Morgan fingerprint density at radius 3 is 2.29 bits per heavy atom. The van der Waals surface area contributed by atoms with Crippen LogP contribution in [0, 0.1) is 5.92 Å². The predicted octanol–water partition coefficient (Wildman–Crippen LogP) is 0.439. The Morgan fingerprint density at radius 1 is 1.50 bits per heavy atom. The molecule has 1 amide bonds. The van der Waals surface area contributed by atoms with Crippen LogP contribution in [0.25, 0.3) is 0 Å². The second kappa shape index (κ2) is 5.75. The zero-order valence-corrected chi connectivity index (χ0v) is 9.23. The summed E-state index contributed by atoms with van der Waals surface area (Å²) in [5.74, 6) is -0.330. The van der Waals surface area contributed by atoms with Crippen LogP contribution in [0.3, 0.4) is 0 Å². The maximum Gasteiger partial charge on any atom is 0.251 e. The summed E-state index contributed by atoms with van der Waals surface area (Å²) in [5, 5.41) is 9.32. The van der Waals surface area contributed by atoms with Gasteiger partial charge < -0.3 is 14.8 Å². The normalized spacial score (nSPS) is 15.0. The number of rotatable bonds is 5. The van der Waals surface area contributed by atoms with Crippen LogP contribution in [-0.4, -0.2) is 41.4 Å². The molecule has 82 valence electrons. The Kier molecular flexibility index (Phi) is 5.38. The summed E-state index contributed by atoms with van der Waals surface area (Å²) in [7, 11) is 1.54. The minimum Gasteiger partial charge on any atom is -0.383 e.